The fourth-order valence-corrected chi connectivity index (χ4v) is 1.80. The van der Waals surface area contributed by atoms with Crippen LogP contribution in [0, 0.1) is 5.92 Å². The normalized spacial score (nSPS) is 36.6. The zero-order valence-corrected chi connectivity index (χ0v) is 7.53. The average molecular weight is 161 g/mol. The summed E-state index contributed by atoms with van der Waals surface area (Å²) in [4.78, 5) is 0. The van der Waals surface area contributed by atoms with E-state index >= 15 is 0 Å². The van der Waals surface area contributed by atoms with Crippen molar-refractivity contribution < 1.29 is 8.85 Å². The first-order valence-corrected chi connectivity index (χ1v) is 5.39. The zero-order valence-electron chi connectivity index (χ0n) is 6.38. The topological polar surface area (TPSA) is 44.5 Å². The van der Waals surface area contributed by atoms with Crippen molar-refractivity contribution in [3.8, 4) is 0 Å². The maximum absolute atomic E-state index is 5.54. The lowest BCUT2D eigenvalue weighted by Gasteiger charge is -2.19. The van der Waals surface area contributed by atoms with Gasteiger partial charge in [0.05, 0.1) is 0 Å². The maximum Gasteiger partial charge on any atom is 0.405 e. The maximum atomic E-state index is 5.54. The van der Waals surface area contributed by atoms with E-state index in [0.29, 0.717) is 0 Å². The van der Waals surface area contributed by atoms with Crippen LogP contribution in [-0.2, 0) is 8.85 Å². The Balaban J connectivity index is 2.21. The van der Waals surface area contributed by atoms with Crippen LogP contribution in [0.15, 0.2) is 0 Å². The number of nitrogens with two attached hydrogens (primary N) is 1. The van der Waals surface area contributed by atoms with Gasteiger partial charge in [0.2, 0.25) is 0 Å². The molecule has 1 saturated heterocycles. The van der Waals surface area contributed by atoms with Gasteiger partial charge in [-0.15, -0.1) is 0 Å². The molecule has 0 aromatic heterocycles. The van der Waals surface area contributed by atoms with Crippen LogP contribution in [0.1, 0.15) is 19.8 Å². The van der Waals surface area contributed by atoms with Crippen LogP contribution in [0.5, 0.6) is 0 Å². The highest BCUT2D eigenvalue weighted by Gasteiger charge is 2.12. The highest BCUT2D eigenvalue weighted by Crippen LogP contribution is 2.10. The molecule has 0 unspecified atom stereocenters. The Morgan fingerprint density at radius 3 is 2.30 bits per heavy atom. The molecule has 0 atom stereocenters. The molecular weight excluding hydrogens is 146 g/mol. The summed E-state index contributed by atoms with van der Waals surface area (Å²) in [5.41, 5.74) is 0. The minimum Gasteiger partial charge on any atom is -0.385 e. The number of rotatable bonds is 0. The van der Waals surface area contributed by atoms with Gasteiger partial charge in [-0.1, -0.05) is 6.92 Å². The van der Waals surface area contributed by atoms with Crippen LogP contribution in [0.4, 0.5) is 0 Å². The van der Waals surface area contributed by atoms with Crippen LogP contribution in [-0.4, -0.2) is 22.7 Å². The summed E-state index contributed by atoms with van der Waals surface area (Å²) in [7, 11) is -1.70. The second kappa shape index (κ2) is 4.08. The fourth-order valence-electron chi connectivity index (χ4n) is 0.963. The first kappa shape index (κ1) is 8.20. The van der Waals surface area contributed by atoms with Gasteiger partial charge in [-0.05, 0) is 18.8 Å². The standard InChI is InChI=1S/C6H15NO2Si/c1-6-2-4-8-10(7)9-5-3-6/h6,10H,2-5,7H2,1H3. The smallest absolute Gasteiger partial charge is 0.385 e. The van der Waals surface area contributed by atoms with Crippen molar-refractivity contribution in [1.82, 2.24) is 0 Å². The Labute approximate surface area is 63.4 Å². The molecule has 0 saturated carbocycles. The molecule has 10 heavy (non-hydrogen) atoms. The molecule has 1 aliphatic heterocycles. The monoisotopic (exact) mass is 161 g/mol. The van der Waals surface area contributed by atoms with Gasteiger partial charge >= 0.3 is 9.45 Å². The minimum absolute atomic E-state index is 0.724. The molecule has 60 valence electrons. The van der Waals surface area contributed by atoms with E-state index in [1.54, 1.807) is 0 Å². The lowest BCUT2D eigenvalue weighted by molar-refractivity contribution is 0.149. The first-order valence-electron chi connectivity index (χ1n) is 3.78. The molecule has 0 aliphatic carbocycles. The molecule has 1 aliphatic rings. The molecule has 1 rings (SSSR count). The molecule has 0 aromatic carbocycles. The van der Waals surface area contributed by atoms with Gasteiger partial charge in [0.15, 0.2) is 0 Å². The fraction of sp³-hybridized carbons (Fsp3) is 1.00. The van der Waals surface area contributed by atoms with E-state index in [2.05, 4.69) is 6.92 Å². The van der Waals surface area contributed by atoms with Crippen LogP contribution < -0.4 is 5.40 Å². The Morgan fingerprint density at radius 1 is 1.30 bits per heavy atom. The van der Waals surface area contributed by atoms with Gasteiger partial charge in [0, 0.05) is 13.2 Å². The quantitative estimate of drug-likeness (QED) is 0.513. The largest absolute Gasteiger partial charge is 0.405 e. The predicted molar refractivity (Wildman–Crippen MR) is 41.6 cm³/mol. The summed E-state index contributed by atoms with van der Waals surface area (Å²) >= 11 is 0. The molecule has 0 spiro atoms. The second-order valence-corrected chi connectivity index (χ2v) is 4.20. The molecule has 0 aromatic rings. The predicted octanol–water partition coefficient (Wildman–Crippen LogP) is 0.125. The molecule has 3 nitrogen and oxygen atoms in total. The van der Waals surface area contributed by atoms with Crippen LogP contribution >= 0.6 is 0 Å². The summed E-state index contributed by atoms with van der Waals surface area (Å²) in [6.07, 6.45) is 2.26. The third-order valence-corrected chi connectivity index (χ3v) is 2.91. The van der Waals surface area contributed by atoms with Crippen LogP contribution in [0.25, 0.3) is 0 Å². The molecule has 1 heterocycles. The molecule has 4 heteroatoms. The van der Waals surface area contributed by atoms with E-state index in [9.17, 15) is 0 Å². The molecule has 2 N–H and O–H groups in total. The summed E-state index contributed by atoms with van der Waals surface area (Å²) in [5, 5.41) is 5.54. The van der Waals surface area contributed by atoms with Crippen molar-refractivity contribution >= 4 is 9.45 Å². The molecule has 0 radical (unpaired) electrons. The third kappa shape index (κ3) is 2.79. The van der Waals surface area contributed by atoms with Gasteiger partial charge < -0.3 is 14.3 Å². The van der Waals surface area contributed by atoms with Crippen molar-refractivity contribution in [3.63, 3.8) is 0 Å². The Hall–Kier alpha value is 0.0969. The Kier molecular flexibility index (Phi) is 3.34. The van der Waals surface area contributed by atoms with Crippen molar-refractivity contribution in [3.05, 3.63) is 0 Å². The van der Waals surface area contributed by atoms with Gasteiger partial charge in [0.25, 0.3) is 0 Å². The first-order chi connectivity index (χ1) is 4.79. The molecule has 0 amide bonds. The highest BCUT2D eigenvalue weighted by molar-refractivity contribution is 6.40. The van der Waals surface area contributed by atoms with E-state index in [4.69, 9.17) is 14.3 Å². The van der Waals surface area contributed by atoms with Crippen molar-refractivity contribution in [2.45, 2.75) is 19.8 Å². The number of hydrogen-bond donors (Lipinski definition) is 1. The van der Waals surface area contributed by atoms with Gasteiger partial charge in [-0.2, -0.15) is 0 Å². The summed E-state index contributed by atoms with van der Waals surface area (Å²) < 4.78 is 10.5. The van der Waals surface area contributed by atoms with Gasteiger partial charge in [-0.3, -0.25) is 0 Å². The molecule has 1 fully saturated rings. The van der Waals surface area contributed by atoms with Crippen molar-refractivity contribution in [1.29, 1.82) is 0 Å². The van der Waals surface area contributed by atoms with Gasteiger partial charge in [-0.25, -0.2) is 0 Å². The summed E-state index contributed by atoms with van der Waals surface area (Å²) in [6.45, 7) is 3.79. The second-order valence-electron chi connectivity index (χ2n) is 2.79. The highest BCUT2D eigenvalue weighted by atomic mass is 28.3. The summed E-state index contributed by atoms with van der Waals surface area (Å²) in [5.74, 6) is 0.724. The van der Waals surface area contributed by atoms with E-state index in [1.807, 2.05) is 0 Å². The van der Waals surface area contributed by atoms with E-state index in [1.165, 1.54) is 0 Å². The Morgan fingerprint density at radius 2 is 1.80 bits per heavy atom. The van der Waals surface area contributed by atoms with Crippen molar-refractivity contribution in [2.24, 2.45) is 11.3 Å². The van der Waals surface area contributed by atoms with Crippen molar-refractivity contribution in [2.75, 3.05) is 13.2 Å². The minimum atomic E-state index is -1.70. The van der Waals surface area contributed by atoms with E-state index < -0.39 is 9.45 Å². The van der Waals surface area contributed by atoms with Crippen LogP contribution in [0.3, 0.4) is 0 Å². The third-order valence-electron chi connectivity index (χ3n) is 1.79. The summed E-state index contributed by atoms with van der Waals surface area (Å²) in [6, 6.07) is 0. The SMILES string of the molecule is CC1CCO[SiH](N)OCC1. The van der Waals surface area contributed by atoms with Gasteiger partial charge in [0.1, 0.15) is 0 Å². The molecule has 0 bridgehead atoms. The lowest BCUT2D eigenvalue weighted by Crippen LogP contribution is -2.36. The lowest BCUT2D eigenvalue weighted by atomic mass is 10.1. The molecular formula is C6H15NO2Si. The average Bonchev–Trinajstić information content (AvgIpc) is 1.84. The van der Waals surface area contributed by atoms with Crippen LogP contribution in [0.2, 0.25) is 0 Å². The number of hydrogen-bond acceptors (Lipinski definition) is 3. The van der Waals surface area contributed by atoms with E-state index in [0.717, 1.165) is 32.0 Å². The zero-order chi connectivity index (χ0) is 7.40. The Bertz CT molecular complexity index is 81.7. The van der Waals surface area contributed by atoms with E-state index in [-0.39, 0.29) is 0 Å².